The Morgan fingerprint density at radius 1 is 1.07 bits per heavy atom. The summed E-state index contributed by atoms with van der Waals surface area (Å²) >= 11 is 0. The lowest BCUT2D eigenvalue weighted by Crippen LogP contribution is -2.21. The molecule has 0 atom stereocenters. The van der Waals surface area contributed by atoms with Crippen molar-refractivity contribution in [3.05, 3.63) is 42.0 Å². The molecule has 2 aromatic carbocycles. The van der Waals surface area contributed by atoms with Crippen LogP contribution in [0, 0.1) is 0 Å². The Kier molecular flexibility index (Phi) is 6.80. The smallest absolute Gasteiger partial charge is 0.275 e. The highest BCUT2D eigenvalue weighted by Crippen LogP contribution is 2.29. The molecule has 0 fully saturated rings. The van der Waals surface area contributed by atoms with Gasteiger partial charge in [0.1, 0.15) is 23.0 Å². The lowest BCUT2D eigenvalue weighted by Gasteiger charge is -2.11. The number of hydrogen-bond acceptors (Lipinski definition) is 7. The summed E-state index contributed by atoms with van der Waals surface area (Å²) in [6.45, 7) is 1.57. The molecule has 9 nitrogen and oxygen atoms in total. The third kappa shape index (κ3) is 5.37. The van der Waals surface area contributed by atoms with E-state index in [1.807, 2.05) is 0 Å². The zero-order valence-corrected chi connectivity index (χ0v) is 15.6. The molecule has 0 aromatic heterocycles. The van der Waals surface area contributed by atoms with Gasteiger partial charge >= 0.3 is 0 Å². The molecular formula is C19H21N3O6. The van der Waals surface area contributed by atoms with Gasteiger partial charge in [-0.15, -0.1) is 0 Å². The van der Waals surface area contributed by atoms with E-state index in [0.717, 1.165) is 6.07 Å². The maximum absolute atomic E-state index is 12.2. The van der Waals surface area contributed by atoms with Gasteiger partial charge in [0.05, 0.1) is 31.9 Å². The number of phenolic OH excluding ortho intramolecular Hbond substituents is 2. The van der Waals surface area contributed by atoms with Crippen LogP contribution in [0.25, 0.3) is 0 Å². The molecular weight excluding hydrogens is 366 g/mol. The molecule has 2 amide bonds. The van der Waals surface area contributed by atoms with Crippen LogP contribution in [0.2, 0.25) is 0 Å². The fourth-order valence-electron chi connectivity index (χ4n) is 2.30. The van der Waals surface area contributed by atoms with Crippen LogP contribution in [0.3, 0.4) is 0 Å². The fourth-order valence-corrected chi connectivity index (χ4v) is 2.30. The number of hydrogen-bond donors (Lipinski definition) is 4. The van der Waals surface area contributed by atoms with Crippen LogP contribution >= 0.6 is 0 Å². The first kappa shape index (κ1) is 20.6. The van der Waals surface area contributed by atoms with E-state index in [-0.39, 0.29) is 29.4 Å². The molecule has 0 saturated carbocycles. The quantitative estimate of drug-likeness (QED) is 0.426. The van der Waals surface area contributed by atoms with Gasteiger partial charge in [-0.05, 0) is 31.2 Å². The number of methoxy groups -OCH3 is 2. The minimum atomic E-state index is -0.674. The Morgan fingerprint density at radius 2 is 1.82 bits per heavy atom. The average molecular weight is 387 g/mol. The van der Waals surface area contributed by atoms with Crippen molar-refractivity contribution in [1.82, 2.24) is 5.43 Å². The van der Waals surface area contributed by atoms with Crippen molar-refractivity contribution in [2.75, 3.05) is 19.5 Å². The highest BCUT2D eigenvalue weighted by atomic mass is 16.5. The van der Waals surface area contributed by atoms with Crippen LogP contribution in [-0.2, 0) is 4.79 Å². The van der Waals surface area contributed by atoms with Gasteiger partial charge in [-0.25, -0.2) is 5.43 Å². The molecule has 0 radical (unpaired) electrons. The van der Waals surface area contributed by atoms with Crippen molar-refractivity contribution >= 4 is 23.2 Å². The minimum absolute atomic E-state index is 0.0556. The summed E-state index contributed by atoms with van der Waals surface area (Å²) in [7, 11) is 3.00. The minimum Gasteiger partial charge on any atom is -0.508 e. The number of nitrogens with one attached hydrogen (secondary N) is 2. The number of phenols is 2. The van der Waals surface area contributed by atoms with Gasteiger partial charge in [-0.3, -0.25) is 9.59 Å². The predicted molar refractivity (Wildman–Crippen MR) is 103 cm³/mol. The lowest BCUT2D eigenvalue weighted by atomic mass is 10.2. The second-order valence-electron chi connectivity index (χ2n) is 5.78. The first-order chi connectivity index (χ1) is 13.3. The van der Waals surface area contributed by atoms with E-state index >= 15 is 0 Å². The van der Waals surface area contributed by atoms with Gasteiger partial charge < -0.3 is 25.0 Å². The number of carbonyl (C=O) groups excluding carboxylic acids is 2. The maximum atomic E-state index is 12.2. The molecule has 0 heterocycles. The molecule has 148 valence electrons. The van der Waals surface area contributed by atoms with E-state index in [1.54, 1.807) is 25.1 Å². The van der Waals surface area contributed by atoms with E-state index < -0.39 is 5.91 Å². The first-order valence-corrected chi connectivity index (χ1v) is 8.21. The Hall–Kier alpha value is -3.75. The van der Waals surface area contributed by atoms with Crippen LogP contribution in [0.15, 0.2) is 41.5 Å². The number of hydrazone groups is 1. The summed E-state index contributed by atoms with van der Waals surface area (Å²) in [5, 5.41) is 25.5. The van der Waals surface area contributed by atoms with Crippen LogP contribution in [0.4, 0.5) is 5.69 Å². The Morgan fingerprint density at radius 3 is 2.46 bits per heavy atom. The van der Waals surface area contributed by atoms with Crippen LogP contribution in [0.1, 0.15) is 23.7 Å². The number of anilines is 1. The molecule has 28 heavy (non-hydrogen) atoms. The number of rotatable bonds is 7. The Balaban J connectivity index is 1.99. The molecule has 0 aliphatic heterocycles. The molecule has 0 spiro atoms. The molecule has 0 bridgehead atoms. The topological polar surface area (TPSA) is 129 Å². The van der Waals surface area contributed by atoms with Crippen molar-refractivity contribution in [1.29, 1.82) is 0 Å². The van der Waals surface area contributed by atoms with Gasteiger partial charge in [0.25, 0.3) is 5.91 Å². The van der Waals surface area contributed by atoms with Crippen LogP contribution in [0.5, 0.6) is 23.0 Å². The highest BCUT2D eigenvalue weighted by Gasteiger charge is 2.13. The number of carbonyl (C=O) groups is 2. The Bertz CT molecular complexity index is 911. The van der Waals surface area contributed by atoms with Gasteiger partial charge in [0.2, 0.25) is 5.91 Å². The molecule has 2 aromatic rings. The summed E-state index contributed by atoms with van der Waals surface area (Å²) in [6.07, 6.45) is -0.0811. The van der Waals surface area contributed by atoms with Crippen molar-refractivity contribution in [3.8, 4) is 23.0 Å². The van der Waals surface area contributed by atoms with Gasteiger partial charge in [-0.2, -0.15) is 5.10 Å². The molecule has 9 heteroatoms. The van der Waals surface area contributed by atoms with Crippen molar-refractivity contribution in [2.45, 2.75) is 13.3 Å². The molecule has 0 aliphatic carbocycles. The summed E-state index contributed by atoms with van der Waals surface area (Å²) < 4.78 is 10.3. The second-order valence-corrected chi connectivity index (χ2v) is 5.78. The molecule has 0 unspecified atom stereocenters. The van der Waals surface area contributed by atoms with E-state index in [1.165, 1.54) is 26.4 Å². The van der Waals surface area contributed by atoms with Gasteiger partial charge in [0.15, 0.2) is 0 Å². The van der Waals surface area contributed by atoms with E-state index in [4.69, 9.17) is 9.47 Å². The molecule has 4 N–H and O–H groups in total. The predicted octanol–water partition coefficient (Wildman–Crippen LogP) is 2.25. The summed E-state index contributed by atoms with van der Waals surface area (Å²) in [4.78, 5) is 24.2. The van der Waals surface area contributed by atoms with Gasteiger partial charge in [-0.1, -0.05) is 0 Å². The Labute approximate surface area is 161 Å². The number of amides is 2. The van der Waals surface area contributed by atoms with E-state index in [2.05, 4.69) is 15.8 Å². The lowest BCUT2D eigenvalue weighted by molar-refractivity contribution is -0.115. The summed E-state index contributed by atoms with van der Waals surface area (Å²) in [5.74, 6) is -0.560. The van der Waals surface area contributed by atoms with E-state index in [0.29, 0.717) is 22.9 Å². The summed E-state index contributed by atoms with van der Waals surface area (Å²) in [5.41, 5.74) is 2.98. The number of aromatic hydroxyl groups is 2. The fraction of sp³-hybridized carbons (Fsp3) is 0.211. The normalized spacial score (nSPS) is 10.9. The van der Waals surface area contributed by atoms with Crippen LogP contribution < -0.4 is 20.2 Å². The van der Waals surface area contributed by atoms with Crippen molar-refractivity contribution in [3.63, 3.8) is 0 Å². The van der Waals surface area contributed by atoms with Crippen molar-refractivity contribution in [2.24, 2.45) is 5.10 Å². The summed E-state index contributed by atoms with van der Waals surface area (Å²) in [6, 6.07) is 8.56. The zero-order valence-electron chi connectivity index (χ0n) is 15.6. The highest BCUT2D eigenvalue weighted by molar-refractivity contribution is 6.06. The average Bonchev–Trinajstić information content (AvgIpc) is 2.65. The SMILES string of the molecule is COc1ccc(OC)c(NC(=O)C/C(C)=N\NC(=O)c2ccc(O)cc2O)c1. The van der Waals surface area contributed by atoms with Crippen LogP contribution in [-0.4, -0.2) is 42.0 Å². The third-order valence-corrected chi connectivity index (χ3v) is 3.67. The first-order valence-electron chi connectivity index (χ1n) is 8.21. The standard InChI is InChI=1S/C19H21N3O6/c1-11(21-22-19(26)14-6-4-12(23)9-16(14)24)8-18(25)20-15-10-13(27-2)5-7-17(15)28-3/h4-7,9-10,23-24H,8H2,1-3H3,(H,20,25)(H,22,26)/b21-11-. The monoisotopic (exact) mass is 387 g/mol. The molecule has 0 aliphatic rings. The number of nitrogens with zero attached hydrogens (tertiary/aromatic N) is 1. The number of ether oxygens (including phenoxy) is 2. The van der Waals surface area contributed by atoms with Gasteiger partial charge in [0, 0.05) is 17.8 Å². The second kappa shape index (κ2) is 9.26. The maximum Gasteiger partial charge on any atom is 0.275 e. The molecule has 2 rings (SSSR count). The third-order valence-electron chi connectivity index (χ3n) is 3.67. The number of benzene rings is 2. The largest absolute Gasteiger partial charge is 0.508 e. The van der Waals surface area contributed by atoms with Crippen molar-refractivity contribution < 1.29 is 29.3 Å². The van der Waals surface area contributed by atoms with E-state index in [9.17, 15) is 19.8 Å². The molecule has 0 saturated heterocycles. The zero-order chi connectivity index (χ0) is 20.7.